The fourth-order valence-corrected chi connectivity index (χ4v) is 2.97. The molecule has 0 aliphatic rings. The fraction of sp³-hybridized carbons (Fsp3) is 0.235. The number of aliphatic hydroxyl groups is 1. The highest BCUT2D eigenvalue weighted by atomic mass is 79.9. The van der Waals surface area contributed by atoms with E-state index in [0.29, 0.717) is 5.75 Å². The highest BCUT2D eigenvalue weighted by molar-refractivity contribution is 9.10. The van der Waals surface area contributed by atoms with Gasteiger partial charge in [-0.15, -0.1) is 0 Å². The lowest BCUT2D eigenvalue weighted by atomic mass is 9.94. The van der Waals surface area contributed by atoms with E-state index in [0.717, 1.165) is 10.5 Å². The third-order valence-electron chi connectivity index (χ3n) is 3.83. The van der Waals surface area contributed by atoms with E-state index < -0.39 is 23.0 Å². The van der Waals surface area contributed by atoms with Gasteiger partial charge < -0.3 is 14.8 Å². The van der Waals surface area contributed by atoms with E-state index in [4.69, 9.17) is 17.0 Å². The molecule has 6 nitrogen and oxygen atoms in total. The summed E-state index contributed by atoms with van der Waals surface area (Å²) in [6.45, 7) is 0.956. The number of H-pyrrole nitrogens is 1. The number of hydrogen-bond donors (Lipinski definition) is 2. The maximum Gasteiger partial charge on any atom is 0.433 e. The second kappa shape index (κ2) is 7.64. The minimum absolute atomic E-state index is 0.178. The lowest BCUT2D eigenvalue weighted by molar-refractivity contribution is -0.144. The first-order valence-corrected chi connectivity index (χ1v) is 9.11. The summed E-state index contributed by atoms with van der Waals surface area (Å²) in [5.41, 5.74) is -3.58. The van der Waals surface area contributed by atoms with Crippen molar-refractivity contribution in [2.45, 2.75) is 25.2 Å². The first kappa shape index (κ1) is 20.5. The summed E-state index contributed by atoms with van der Waals surface area (Å²) >= 11 is 8.25. The lowest BCUT2D eigenvalue weighted by Crippen LogP contribution is -2.32. The number of alkyl halides is 3. The van der Waals surface area contributed by atoms with Gasteiger partial charge in [0.25, 0.3) is 0 Å². The van der Waals surface area contributed by atoms with Gasteiger partial charge in [0, 0.05) is 16.1 Å². The van der Waals surface area contributed by atoms with E-state index in [1.165, 1.54) is 24.0 Å². The third-order valence-corrected chi connectivity index (χ3v) is 4.69. The Morgan fingerprint density at radius 1 is 1.21 bits per heavy atom. The van der Waals surface area contributed by atoms with Gasteiger partial charge in [0.2, 0.25) is 5.88 Å². The molecule has 2 N–H and O–H groups in total. The van der Waals surface area contributed by atoms with Crippen LogP contribution < -0.4 is 4.74 Å². The van der Waals surface area contributed by atoms with E-state index in [9.17, 15) is 18.3 Å². The number of nitrogens with zero attached hydrogens (tertiary/aromatic N) is 3. The number of hydrogen-bond acceptors (Lipinski definition) is 5. The number of aromatic nitrogens is 4. The molecule has 0 amide bonds. The van der Waals surface area contributed by atoms with Crippen molar-refractivity contribution in [3.05, 3.63) is 63.2 Å². The second-order valence-electron chi connectivity index (χ2n) is 6.12. The minimum atomic E-state index is -4.80. The van der Waals surface area contributed by atoms with Crippen LogP contribution in [0.25, 0.3) is 0 Å². The zero-order valence-corrected chi connectivity index (χ0v) is 16.8. The van der Waals surface area contributed by atoms with E-state index in [-0.39, 0.29) is 17.2 Å². The van der Waals surface area contributed by atoms with Crippen molar-refractivity contribution in [1.29, 1.82) is 0 Å². The van der Waals surface area contributed by atoms with Crippen molar-refractivity contribution in [2.24, 2.45) is 0 Å². The Hall–Kier alpha value is -2.24. The predicted molar refractivity (Wildman–Crippen MR) is 100 cm³/mol. The summed E-state index contributed by atoms with van der Waals surface area (Å²) in [5.74, 6) is 0.0803. The number of aromatic amines is 1. The van der Waals surface area contributed by atoms with Crippen LogP contribution in [0, 0.1) is 4.77 Å². The van der Waals surface area contributed by atoms with E-state index in [1.807, 2.05) is 0 Å². The van der Waals surface area contributed by atoms with Gasteiger partial charge >= 0.3 is 6.18 Å². The van der Waals surface area contributed by atoms with E-state index in [2.05, 4.69) is 31.0 Å². The molecule has 2 heterocycles. The van der Waals surface area contributed by atoms with Crippen LogP contribution in [0.1, 0.15) is 18.2 Å². The first-order valence-electron chi connectivity index (χ1n) is 7.91. The molecular formula is C17H14BrF3N4O2S. The maximum absolute atomic E-state index is 13.6. The van der Waals surface area contributed by atoms with E-state index >= 15 is 0 Å². The molecule has 0 bridgehead atoms. The molecule has 0 saturated carbocycles. The summed E-state index contributed by atoms with van der Waals surface area (Å²) in [6, 6.07) is 8.95. The molecular weight excluding hydrogens is 461 g/mol. The molecule has 0 aliphatic carbocycles. The van der Waals surface area contributed by atoms with Crippen LogP contribution in [0.3, 0.4) is 0 Å². The Kier molecular flexibility index (Phi) is 5.60. The molecule has 1 atom stereocenters. The number of benzene rings is 1. The van der Waals surface area contributed by atoms with Crippen LogP contribution in [0.15, 0.2) is 47.2 Å². The molecule has 148 valence electrons. The van der Waals surface area contributed by atoms with Crippen LogP contribution in [0.5, 0.6) is 11.6 Å². The van der Waals surface area contributed by atoms with Gasteiger partial charge in [-0.25, -0.2) is 9.67 Å². The minimum Gasteiger partial charge on any atom is -0.439 e. The molecule has 3 rings (SSSR count). The fourth-order valence-electron chi connectivity index (χ4n) is 2.54. The van der Waals surface area contributed by atoms with Crippen molar-refractivity contribution < 1.29 is 23.0 Å². The van der Waals surface area contributed by atoms with Crippen LogP contribution in [-0.4, -0.2) is 24.9 Å². The maximum atomic E-state index is 13.6. The monoisotopic (exact) mass is 474 g/mol. The van der Waals surface area contributed by atoms with Gasteiger partial charge in [0.1, 0.15) is 17.7 Å². The molecule has 0 spiro atoms. The van der Waals surface area contributed by atoms with Crippen LogP contribution in [0.2, 0.25) is 0 Å². The SMILES string of the molecule is CC(O)(Cn1nc[nH]c1=S)c1ccc(Oc2ccc(Br)cc2)nc1C(F)(F)F. The second-order valence-corrected chi connectivity index (χ2v) is 7.43. The van der Waals surface area contributed by atoms with Crippen LogP contribution in [0.4, 0.5) is 13.2 Å². The quantitative estimate of drug-likeness (QED) is 0.518. The van der Waals surface area contributed by atoms with Crippen molar-refractivity contribution in [2.75, 3.05) is 0 Å². The van der Waals surface area contributed by atoms with Crippen molar-refractivity contribution in [3.8, 4) is 11.6 Å². The number of halogens is 4. The summed E-state index contributed by atoms with van der Waals surface area (Å²) in [7, 11) is 0. The van der Waals surface area contributed by atoms with Crippen molar-refractivity contribution in [3.63, 3.8) is 0 Å². The van der Waals surface area contributed by atoms with Crippen molar-refractivity contribution >= 4 is 28.1 Å². The molecule has 1 unspecified atom stereocenters. The molecule has 1 aromatic carbocycles. The van der Waals surface area contributed by atoms with Gasteiger partial charge in [-0.2, -0.15) is 18.3 Å². The van der Waals surface area contributed by atoms with Gasteiger partial charge in [-0.1, -0.05) is 15.9 Å². The number of rotatable bonds is 5. The molecule has 0 fully saturated rings. The molecule has 0 aliphatic heterocycles. The Labute approximate surface area is 171 Å². The molecule has 0 radical (unpaired) electrons. The number of pyridine rings is 1. The van der Waals surface area contributed by atoms with Crippen LogP contribution >= 0.6 is 28.1 Å². The van der Waals surface area contributed by atoms with Crippen LogP contribution in [-0.2, 0) is 18.3 Å². The Morgan fingerprint density at radius 2 is 1.89 bits per heavy atom. The molecule has 11 heteroatoms. The third kappa shape index (κ3) is 4.59. The summed E-state index contributed by atoms with van der Waals surface area (Å²) in [4.78, 5) is 6.22. The molecule has 2 aromatic heterocycles. The Balaban J connectivity index is 1.98. The lowest BCUT2D eigenvalue weighted by Gasteiger charge is -2.26. The van der Waals surface area contributed by atoms with E-state index in [1.54, 1.807) is 24.3 Å². The van der Waals surface area contributed by atoms with Gasteiger partial charge in [0.15, 0.2) is 10.5 Å². The summed E-state index contributed by atoms with van der Waals surface area (Å²) < 4.78 is 48.5. The van der Waals surface area contributed by atoms with Gasteiger partial charge in [-0.05, 0) is 49.5 Å². The standard InChI is InChI=1S/C17H14BrF3N4O2S/c1-16(26,8-25-15(28)22-9-23-25)12-6-7-13(24-14(12)17(19,20)21)27-11-4-2-10(18)3-5-11/h2-7,9,26H,8H2,1H3,(H,22,23,28). The normalized spacial score (nSPS) is 13.9. The first-order chi connectivity index (χ1) is 13.1. The molecule has 28 heavy (non-hydrogen) atoms. The zero-order chi connectivity index (χ0) is 20.5. The summed E-state index contributed by atoms with van der Waals surface area (Å²) in [6.07, 6.45) is -3.51. The van der Waals surface area contributed by atoms with Gasteiger partial charge in [-0.3, -0.25) is 0 Å². The van der Waals surface area contributed by atoms with Gasteiger partial charge in [0.05, 0.1) is 6.54 Å². The Bertz CT molecular complexity index is 1030. The smallest absolute Gasteiger partial charge is 0.433 e. The largest absolute Gasteiger partial charge is 0.439 e. The Morgan fingerprint density at radius 3 is 2.46 bits per heavy atom. The average molecular weight is 475 g/mol. The summed E-state index contributed by atoms with van der Waals surface area (Å²) in [5, 5.41) is 14.6. The molecule has 3 aromatic rings. The topological polar surface area (TPSA) is 76.0 Å². The number of ether oxygens (including phenoxy) is 1. The predicted octanol–water partition coefficient (Wildman–Crippen LogP) is 4.82. The number of nitrogens with one attached hydrogen (secondary N) is 1. The zero-order valence-electron chi connectivity index (χ0n) is 14.4. The highest BCUT2D eigenvalue weighted by Crippen LogP contribution is 2.38. The molecule has 0 saturated heterocycles. The highest BCUT2D eigenvalue weighted by Gasteiger charge is 2.41. The van der Waals surface area contributed by atoms with Crippen molar-refractivity contribution in [1.82, 2.24) is 19.7 Å². The average Bonchev–Trinajstić information content (AvgIpc) is 3.00.